The van der Waals surface area contributed by atoms with Crippen LogP contribution in [0.3, 0.4) is 0 Å². The van der Waals surface area contributed by atoms with Crippen molar-refractivity contribution in [1.29, 1.82) is 5.26 Å². The van der Waals surface area contributed by atoms with Crippen molar-refractivity contribution in [2.45, 2.75) is 70.9 Å². The van der Waals surface area contributed by atoms with Crippen LogP contribution >= 0.6 is 0 Å². The number of rotatable bonds is 7. The monoisotopic (exact) mass is 409 g/mol. The number of benzene rings is 2. The first-order valence-corrected chi connectivity index (χ1v) is 10.7. The third-order valence-electron chi connectivity index (χ3n) is 5.46. The van der Waals surface area contributed by atoms with Crippen molar-refractivity contribution < 1.29 is 19.7 Å². The zero-order valence-corrected chi connectivity index (χ0v) is 18.0. The molecule has 30 heavy (non-hydrogen) atoms. The van der Waals surface area contributed by atoms with Crippen LogP contribution in [0.4, 0.5) is 0 Å². The summed E-state index contributed by atoms with van der Waals surface area (Å²) in [5.74, 6) is 0.536. The lowest BCUT2D eigenvalue weighted by Gasteiger charge is -2.33. The Hall–Kier alpha value is -2.39. The maximum absolute atomic E-state index is 10.2. The Morgan fingerprint density at radius 1 is 1.17 bits per heavy atom. The number of hydrogen-bond donors (Lipinski definition) is 2. The summed E-state index contributed by atoms with van der Waals surface area (Å²) in [6.45, 7) is 5.86. The highest BCUT2D eigenvalue weighted by atomic mass is 16.5. The zero-order valence-electron chi connectivity index (χ0n) is 18.0. The molecule has 2 aromatic carbocycles. The van der Waals surface area contributed by atoms with Gasteiger partial charge in [0.15, 0.2) is 0 Å². The van der Waals surface area contributed by atoms with E-state index in [1.54, 1.807) is 0 Å². The molecule has 0 radical (unpaired) electrons. The average Bonchev–Trinajstić information content (AvgIpc) is 2.73. The predicted octanol–water partition coefficient (Wildman–Crippen LogP) is 4.07. The highest BCUT2D eigenvalue weighted by Gasteiger charge is 2.30. The van der Waals surface area contributed by atoms with Gasteiger partial charge in [-0.05, 0) is 55.0 Å². The second-order valence-electron chi connectivity index (χ2n) is 8.23. The first kappa shape index (κ1) is 22.3. The normalized spacial score (nSPS) is 21.4. The van der Waals surface area contributed by atoms with E-state index in [-0.39, 0.29) is 18.8 Å². The van der Waals surface area contributed by atoms with Gasteiger partial charge in [-0.15, -0.1) is 0 Å². The Morgan fingerprint density at radius 2 is 1.87 bits per heavy atom. The minimum absolute atomic E-state index is 0.0768. The first-order chi connectivity index (χ1) is 14.4. The number of hydrogen-bond acceptors (Lipinski definition) is 5. The molecule has 2 N–H and O–H groups in total. The molecule has 1 saturated heterocycles. The van der Waals surface area contributed by atoms with Gasteiger partial charge in [-0.25, -0.2) is 0 Å². The van der Waals surface area contributed by atoms with Crippen molar-refractivity contribution in [2.24, 2.45) is 0 Å². The van der Waals surface area contributed by atoms with Crippen LogP contribution in [-0.2, 0) is 17.6 Å². The maximum Gasteiger partial charge on any atom is 0.138 e. The Balaban J connectivity index is 2.00. The molecular formula is C25H31NO4. The fraction of sp³-hybridized carbons (Fsp3) is 0.480. The molecule has 3 atom stereocenters. The van der Waals surface area contributed by atoms with Crippen LogP contribution in [0, 0.1) is 11.3 Å². The van der Waals surface area contributed by atoms with Gasteiger partial charge in [0.2, 0.25) is 0 Å². The second kappa shape index (κ2) is 10.1. The highest BCUT2D eigenvalue weighted by Crippen LogP contribution is 2.36. The van der Waals surface area contributed by atoms with Gasteiger partial charge in [-0.2, -0.15) is 5.26 Å². The second-order valence-corrected chi connectivity index (χ2v) is 8.23. The molecule has 0 bridgehead atoms. The SMILES string of the molecule is CCc1ccc(Cc2cc([C@H]3C[C@@H](O)C[C@@H](CO)O3)cc(OC(C)C)c2C#N)cc1. The third-order valence-corrected chi connectivity index (χ3v) is 5.46. The number of nitrogens with zero attached hydrogens (tertiary/aromatic N) is 1. The molecule has 0 saturated carbocycles. The zero-order chi connectivity index (χ0) is 21.7. The van der Waals surface area contributed by atoms with Crippen LogP contribution in [-0.4, -0.2) is 35.1 Å². The van der Waals surface area contributed by atoms with Crippen LogP contribution in [0.15, 0.2) is 36.4 Å². The molecule has 1 aliphatic heterocycles. The molecule has 3 rings (SSSR count). The van der Waals surface area contributed by atoms with Crippen molar-refractivity contribution >= 4 is 0 Å². The largest absolute Gasteiger partial charge is 0.490 e. The summed E-state index contributed by atoms with van der Waals surface area (Å²) in [6, 6.07) is 14.6. The fourth-order valence-electron chi connectivity index (χ4n) is 3.93. The molecule has 2 aromatic rings. The molecule has 5 nitrogen and oxygen atoms in total. The van der Waals surface area contributed by atoms with Gasteiger partial charge < -0.3 is 19.7 Å². The molecule has 0 spiro atoms. The maximum atomic E-state index is 10.2. The fourth-order valence-corrected chi connectivity index (χ4v) is 3.93. The third kappa shape index (κ3) is 5.40. The van der Waals surface area contributed by atoms with Gasteiger partial charge in [-0.3, -0.25) is 0 Å². The number of aryl methyl sites for hydroxylation is 1. The number of aliphatic hydroxyl groups is 2. The summed E-state index contributed by atoms with van der Waals surface area (Å²) in [6.07, 6.45) is 1.11. The van der Waals surface area contributed by atoms with Crippen molar-refractivity contribution in [1.82, 2.24) is 0 Å². The van der Waals surface area contributed by atoms with Crippen LogP contribution in [0.5, 0.6) is 5.75 Å². The number of aliphatic hydroxyl groups excluding tert-OH is 2. The average molecular weight is 410 g/mol. The molecule has 5 heteroatoms. The Morgan fingerprint density at radius 3 is 2.47 bits per heavy atom. The van der Waals surface area contributed by atoms with Gasteiger partial charge in [0.1, 0.15) is 11.8 Å². The van der Waals surface area contributed by atoms with Crippen molar-refractivity contribution in [3.63, 3.8) is 0 Å². The lowest BCUT2D eigenvalue weighted by molar-refractivity contribution is -0.113. The topological polar surface area (TPSA) is 82.7 Å². The Labute approximate surface area is 178 Å². The lowest BCUT2D eigenvalue weighted by Crippen LogP contribution is -2.33. The summed E-state index contributed by atoms with van der Waals surface area (Å²) in [7, 11) is 0. The van der Waals surface area contributed by atoms with Gasteiger partial charge in [0, 0.05) is 12.8 Å². The van der Waals surface area contributed by atoms with E-state index in [1.165, 1.54) is 5.56 Å². The minimum Gasteiger partial charge on any atom is -0.490 e. The molecule has 0 aliphatic carbocycles. The molecule has 0 unspecified atom stereocenters. The number of nitriles is 1. The first-order valence-electron chi connectivity index (χ1n) is 10.7. The van der Waals surface area contributed by atoms with Crippen LogP contribution in [0.25, 0.3) is 0 Å². The van der Waals surface area contributed by atoms with E-state index in [1.807, 2.05) is 26.0 Å². The van der Waals surface area contributed by atoms with E-state index in [2.05, 4.69) is 37.3 Å². The summed E-state index contributed by atoms with van der Waals surface area (Å²) < 4.78 is 12.0. The quantitative estimate of drug-likeness (QED) is 0.720. The van der Waals surface area contributed by atoms with E-state index >= 15 is 0 Å². The molecule has 160 valence electrons. The minimum atomic E-state index is -0.531. The van der Waals surface area contributed by atoms with E-state index in [0.717, 1.165) is 23.1 Å². The van der Waals surface area contributed by atoms with Crippen LogP contribution in [0.2, 0.25) is 0 Å². The molecule has 1 heterocycles. The summed E-state index contributed by atoms with van der Waals surface area (Å²) in [4.78, 5) is 0. The van der Waals surface area contributed by atoms with Crippen molar-refractivity contribution in [3.05, 3.63) is 64.2 Å². The molecule has 1 fully saturated rings. The molecule has 1 aliphatic rings. The van der Waals surface area contributed by atoms with Crippen molar-refractivity contribution in [2.75, 3.05) is 6.61 Å². The van der Waals surface area contributed by atoms with Gasteiger partial charge in [0.05, 0.1) is 36.6 Å². The molecular weight excluding hydrogens is 378 g/mol. The van der Waals surface area contributed by atoms with E-state index < -0.39 is 12.2 Å². The number of ether oxygens (including phenoxy) is 2. The Kier molecular flexibility index (Phi) is 7.49. The summed E-state index contributed by atoms with van der Waals surface area (Å²) >= 11 is 0. The van der Waals surface area contributed by atoms with Gasteiger partial charge in [0.25, 0.3) is 0 Å². The lowest BCUT2D eigenvalue weighted by atomic mass is 9.91. The van der Waals surface area contributed by atoms with Gasteiger partial charge in [-0.1, -0.05) is 37.3 Å². The molecule has 0 amide bonds. The van der Waals surface area contributed by atoms with E-state index in [0.29, 0.717) is 30.6 Å². The summed E-state index contributed by atoms with van der Waals surface area (Å²) in [5, 5.41) is 29.6. The smallest absolute Gasteiger partial charge is 0.138 e. The highest BCUT2D eigenvalue weighted by molar-refractivity contribution is 5.53. The standard InChI is InChI=1S/C25H31NO4/c1-4-17-5-7-18(8-6-17)9-19-10-20(11-25(23(19)14-26)29-16(2)3)24-13-21(28)12-22(15-27)30-24/h5-8,10-11,16,21-22,24,27-28H,4,9,12-13,15H2,1-3H3/t21-,22-,24+/m0/s1. The van der Waals surface area contributed by atoms with Crippen molar-refractivity contribution in [3.8, 4) is 11.8 Å². The van der Waals surface area contributed by atoms with E-state index in [4.69, 9.17) is 9.47 Å². The predicted molar refractivity (Wildman–Crippen MR) is 115 cm³/mol. The van der Waals surface area contributed by atoms with Crippen LogP contribution in [0.1, 0.15) is 67.5 Å². The van der Waals surface area contributed by atoms with E-state index in [9.17, 15) is 15.5 Å². The summed E-state index contributed by atoms with van der Waals surface area (Å²) in [5.41, 5.74) is 4.66. The molecule has 0 aromatic heterocycles. The van der Waals surface area contributed by atoms with Crippen LogP contribution < -0.4 is 4.74 Å². The van der Waals surface area contributed by atoms with Gasteiger partial charge >= 0.3 is 0 Å². The Bertz CT molecular complexity index is 885.